The first-order valence-electron chi connectivity index (χ1n) is 7.15. The lowest BCUT2D eigenvalue weighted by molar-refractivity contribution is 0.0946. The van der Waals surface area contributed by atoms with E-state index in [1.54, 1.807) is 48.5 Å². The molecule has 0 aliphatic heterocycles. The van der Waals surface area contributed by atoms with Crippen molar-refractivity contribution < 1.29 is 15.0 Å². The average molecular weight is 309 g/mol. The van der Waals surface area contributed by atoms with E-state index < -0.39 is 5.91 Å². The van der Waals surface area contributed by atoms with Crippen LogP contribution >= 0.6 is 0 Å². The lowest BCUT2D eigenvalue weighted by atomic mass is 10.1. The van der Waals surface area contributed by atoms with Crippen molar-refractivity contribution in [3.8, 4) is 11.6 Å². The van der Waals surface area contributed by atoms with Gasteiger partial charge in [0, 0.05) is 6.54 Å². The van der Waals surface area contributed by atoms with E-state index in [9.17, 15) is 15.0 Å². The Hall–Kier alpha value is -3.15. The molecule has 0 saturated carbocycles. The predicted octanol–water partition coefficient (Wildman–Crippen LogP) is 2.01. The van der Waals surface area contributed by atoms with Gasteiger partial charge in [0.05, 0.1) is 11.0 Å². The third-order valence-electron chi connectivity index (χ3n) is 3.40. The molecule has 0 saturated heterocycles. The summed E-state index contributed by atoms with van der Waals surface area (Å²) in [6.07, 6.45) is 0.605. The van der Waals surface area contributed by atoms with Crippen LogP contribution in [0.5, 0.6) is 11.6 Å². The summed E-state index contributed by atoms with van der Waals surface area (Å²) >= 11 is 0. The number of carbonyl (C=O) groups is 1. The third-order valence-corrected chi connectivity index (χ3v) is 3.40. The molecule has 0 radical (unpaired) electrons. The molecule has 0 atom stereocenters. The second-order valence-corrected chi connectivity index (χ2v) is 5.06. The van der Waals surface area contributed by atoms with Gasteiger partial charge in [-0.05, 0) is 36.2 Å². The molecule has 0 spiro atoms. The first-order chi connectivity index (χ1) is 11.1. The molecule has 116 valence electrons. The molecule has 2 aromatic carbocycles. The summed E-state index contributed by atoms with van der Waals surface area (Å²) in [7, 11) is 0. The van der Waals surface area contributed by atoms with Crippen molar-refractivity contribution in [2.24, 2.45) is 0 Å². The maximum atomic E-state index is 12.1. The number of phenolic OH excluding ortho intramolecular Hbond substituents is 1. The van der Waals surface area contributed by atoms with Gasteiger partial charge in [-0.3, -0.25) is 4.79 Å². The van der Waals surface area contributed by atoms with E-state index in [4.69, 9.17) is 0 Å². The van der Waals surface area contributed by atoms with Crippen LogP contribution in [-0.2, 0) is 6.42 Å². The number of rotatable bonds is 4. The van der Waals surface area contributed by atoms with Gasteiger partial charge in [0.2, 0.25) is 5.88 Å². The number of carbonyl (C=O) groups excluding carboxylic acids is 1. The van der Waals surface area contributed by atoms with E-state index in [1.165, 1.54) is 0 Å². The Morgan fingerprint density at radius 2 is 1.61 bits per heavy atom. The number of benzene rings is 2. The molecule has 3 rings (SSSR count). The number of nitrogens with one attached hydrogen (secondary N) is 1. The fourth-order valence-electron chi connectivity index (χ4n) is 2.21. The summed E-state index contributed by atoms with van der Waals surface area (Å²) in [6, 6.07) is 13.8. The second kappa shape index (κ2) is 6.31. The van der Waals surface area contributed by atoms with Gasteiger partial charge in [-0.1, -0.05) is 24.3 Å². The zero-order chi connectivity index (χ0) is 16.2. The van der Waals surface area contributed by atoms with E-state index in [1.807, 2.05) is 0 Å². The van der Waals surface area contributed by atoms with E-state index in [-0.39, 0.29) is 17.3 Å². The number of hydrogen-bond acceptors (Lipinski definition) is 5. The highest BCUT2D eigenvalue weighted by Crippen LogP contribution is 2.17. The molecule has 3 N–H and O–H groups in total. The minimum absolute atomic E-state index is 0.0885. The topological polar surface area (TPSA) is 95.3 Å². The van der Waals surface area contributed by atoms with Gasteiger partial charge in [0.15, 0.2) is 5.69 Å². The van der Waals surface area contributed by atoms with E-state index in [2.05, 4.69) is 15.3 Å². The van der Waals surface area contributed by atoms with Crippen LogP contribution in [0.1, 0.15) is 16.1 Å². The fraction of sp³-hybridized carbons (Fsp3) is 0.118. The zero-order valence-electron chi connectivity index (χ0n) is 12.2. The maximum absolute atomic E-state index is 12.1. The number of hydrogen-bond donors (Lipinski definition) is 3. The normalized spacial score (nSPS) is 10.6. The Morgan fingerprint density at radius 3 is 2.30 bits per heavy atom. The van der Waals surface area contributed by atoms with Crippen molar-refractivity contribution in [3.63, 3.8) is 0 Å². The molecule has 23 heavy (non-hydrogen) atoms. The monoisotopic (exact) mass is 309 g/mol. The highest BCUT2D eigenvalue weighted by molar-refractivity contribution is 5.96. The number of para-hydroxylation sites is 2. The van der Waals surface area contributed by atoms with E-state index in [0.717, 1.165) is 5.56 Å². The van der Waals surface area contributed by atoms with E-state index >= 15 is 0 Å². The number of nitrogens with zero attached hydrogens (tertiary/aromatic N) is 2. The fourth-order valence-corrected chi connectivity index (χ4v) is 2.21. The molecule has 1 amide bonds. The molecule has 3 aromatic rings. The Morgan fingerprint density at radius 1 is 0.957 bits per heavy atom. The zero-order valence-corrected chi connectivity index (χ0v) is 12.2. The summed E-state index contributed by atoms with van der Waals surface area (Å²) in [4.78, 5) is 20.3. The average Bonchev–Trinajstić information content (AvgIpc) is 2.56. The van der Waals surface area contributed by atoms with Gasteiger partial charge >= 0.3 is 0 Å². The number of aromatic nitrogens is 2. The maximum Gasteiger partial charge on any atom is 0.275 e. The van der Waals surface area contributed by atoms with Crippen LogP contribution in [-0.4, -0.2) is 32.6 Å². The quantitative estimate of drug-likeness (QED) is 0.685. The largest absolute Gasteiger partial charge is 0.508 e. The number of phenols is 1. The minimum Gasteiger partial charge on any atom is -0.508 e. The van der Waals surface area contributed by atoms with Crippen LogP contribution in [0.3, 0.4) is 0 Å². The van der Waals surface area contributed by atoms with Crippen LogP contribution in [0.25, 0.3) is 11.0 Å². The number of fused-ring (bicyclic) bond motifs is 1. The molecule has 1 aromatic heterocycles. The summed E-state index contributed by atoms with van der Waals surface area (Å²) in [6.45, 7) is 0.386. The van der Waals surface area contributed by atoms with Crippen molar-refractivity contribution in [2.75, 3.05) is 6.54 Å². The molecule has 0 aliphatic carbocycles. The molecule has 0 fully saturated rings. The Labute approximate surface area is 132 Å². The molecule has 1 heterocycles. The standard InChI is InChI=1S/C17H15N3O3/c21-12-7-5-11(6-8-12)9-10-18-16(22)15-17(23)20-14-4-2-1-3-13(14)19-15/h1-8,21H,9-10H2,(H,18,22)(H,20,23). The highest BCUT2D eigenvalue weighted by Gasteiger charge is 2.15. The Balaban J connectivity index is 1.68. The predicted molar refractivity (Wildman–Crippen MR) is 85.3 cm³/mol. The Bertz CT molecular complexity index is 847. The van der Waals surface area contributed by atoms with Crippen LogP contribution in [0.15, 0.2) is 48.5 Å². The van der Waals surface area contributed by atoms with Gasteiger partial charge in [-0.25, -0.2) is 9.97 Å². The van der Waals surface area contributed by atoms with Gasteiger partial charge in [-0.2, -0.15) is 0 Å². The minimum atomic E-state index is -0.473. The van der Waals surface area contributed by atoms with Crippen LogP contribution in [0.2, 0.25) is 0 Å². The second-order valence-electron chi connectivity index (χ2n) is 5.06. The first kappa shape index (κ1) is 14.8. The molecule has 6 heteroatoms. The SMILES string of the molecule is O=C(NCCc1ccc(O)cc1)c1nc2ccccc2nc1O. The van der Waals surface area contributed by atoms with Gasteiger partial charge < -0.3 is 15.5 Å². The lowest BCUT2D eigenvalue weighted by Gasteiger charge is -2.07. The van der Waals surface area contributed by atoms with Crippen LogP contribution in [0, 0.1) is 0 Å². The van der Waals surface area contributed by atoms with Gasteiger partial charge in [0.1, 0.15) is 5.75 Å². The summed E-state index contributed by atoms with van der Waals surface area (Å²) < 4.78 is 0. The highest BCUT2D eigenvalue weighted by atomic mass is 16.3. The smallest absolute Gasteiger partial charge is 0.275 e. The molecule has 0 unspecified atom stereocenters. The summed E-state index contributed by atoms with van der Waals surface area (Å²) in [5, 5.41) is 21.8. The molecule has 6 nitrogen and oxygen atoms in total. The summed E-state index contributed by atoms with van der Waals surface area (Å²) in [5.74, 6) is -0.653. The van der Waals surface area contributed by atoms with Crippen molar-refractivity contribution in [2.45, 2.75) is 6.42 Å². The molecule has 0 bridgehead atoms. The number of amides is 1. The van der Waals surface area contributed by atoms with Gasteiger partial charge in [0.25, 0.3) is 5.91 Å². The number of aromatic hydroxyl groups is 2. The van der Waals surface area contributed by atoms with Crippen molar-refractivity contribution >= 4 is 16.9 Å². The Kier molecular flexibility index (Phi) is 4.05. The van der Waals surface area contributed by atoms with E-state index in [0.29, 0.717) is 24.0 Å². The van der Waals surface area contributed by atoms with Crippen LogP contribution in [0.4, 0.5) is 0 Å². The molecular formula is C17H15N3O3. The third kappa shape index (κ3) is 3.37. The lowest BCUT2D eigenvalue weighted by Crippen LogP contribution is -2.26. The van der Waals surface area contributed by atoms with Crippen molar-refractivity contribution in [1.29, 1.82) is 0 Å². The van der Waals surface area contributed by atoms with Crippen molar-refractivity contribution in [3.05, 3.63) is 59.8 Å². The first-order valence-corrected chi connectivity index (χ1v) is 7.15. The molecular weight excluding hydrogens is 294 g/mol. The van der Waals surface area contributed by atoms with Crippen LogP contribution < -0.4 is 5.32 Å². The van der Waals surface area contributed by atoms with Gasteiger partial charge in [-0.15, -0.1) is 0 Å². The summed E-state index contributed by atoms with van der Waals surface area (Å²) in [5.41, 5.74) is 1.98. The molecule has 0 aliphatic rings. The van der Waals surface area contributed by atoms with Crippen molar-refractivity contribution in [1.82, 2.24) is 15.3 Å².